The average Bonchev–Trinajstić information content (AvgIpc) is 2.53. The van der Waals surface area contributed by atoms with Crippen molar-refractivity contribution in [3.05, 3.63) is 54.9 Å². The molecule has 13 heavy (non-hydrogen) atoms. The maximum atomic E-state index is 13.2. The van der Waals surface area contributed by atoms with Gasteiger partial charge in [0.25, 0.3) is 0 Å². The van der Waals surface area contributed by atoms with E-state index in [1.807, 2.05) is 0 Å². The second-order valence-corrected chi connectivity index (χ2v) is 2.75. The minimum atomic E-state index is -0.281. The zero-order valence-electron chi connectivity index (χ0n) is 6.96. The van der Waals surface area contributed by atoms with Crippen LogP contribution in [0, 0.1) is 12.7 Å². The molecule has 0 unspecified atom stereocenters. The molecular formula is C11H8FO. The number of hydrogen-bond acceptors (Lipinski definition) is 1. The molecule has 0 N–H and O–H groups in total. The summed E-state index contributed by atoms with van der Waals surface area (Å²) in [7, 11) is 0. The Hall–Kier alpha value is -1.57. The van der Waals surface area contributed by atoms with Gasteiger partial charge in [-0.1, -0.05) is 12.1 Å². The molecule has 0 atom stereocenters. The highest BCUT2D eigenvalue weighted by atomic mass is 19.1. The number of halogens is 1. The molecule has 1 nitrogen and oxygen atoms in total. The molecule has 0 fully saturated rings. The zero-order valence-corrected chi connectivity index (χ0v) is 6.96. The van der Waals surface area contributed by atoms with Gasteiger partial charge in [0.15, 0.2) is 0 Å². The first kappa shape index (κ1) is 8.05. The van der Waals surface area contributed by atoms with Gasteiger partial charge in [-0.2, -0.15) is 0 Å². The molecule has 0 saturated heterocycles. The van der Waals surface area contributed by atoms with Crippen LogP contribution in [0.5, 0.6) is 0 Å². The predicted octanol–water partition coefficient (Wildman–Crippen LogP) is 3.27. The maximum absolute atomic E-state index is 13.2. The molecule has 2 aromatic rings. The van der Waals surface area contributed by atoms with Gasteiger partial charge in [0.05, 0.1) is 5.56 Å². The molecule has 0 aliphatic carbocycles. The van der Waals surface area contributed by atoms with Gasteiger partial charge in [-0.3, -0.25) is 0 Å². The van der Waals surface area contributed by atoms with E-state index in [0.717, 1.165) is 0 Å². The second-order valence-electron chi connectivity index (χ2n) is 2.75. The standard InChI is InChI=1S/C11H8FO/c1-8-6-7-11(13-8)9-4-2-3-5-10(9)12/h2-7H,1H2. The lowest BCUT2D eigenvalue weighted by Crippen LogP contribution is -1.79. The maximum Gasteiger partial charge on any atom is 0.137 e. The van der Waals surface area contributed by atoms with Crippen molar-refractivity contribution in [2.75, 3.05) is 0 Å². The SMILES string of the molecule is [CH2]c1ccc(-c2ccccc2F)o1. The average molecular weight is 175 g/mol. The summed E-state index contributed by atoms with van der Waals surface area (Å²) in [4.78, 5) is 0. The van der Waals surface area contributed by atoms with Crippen molar-refractivity contribution in [2.45, 2.75) is 0 Å². The van der Waals surface area contributed by atoms with Crippen LogP contribution in [0.15, 0.2) is 40.8 Å². The van der Waals surface area contributed by atoms with Crippen molar-refractivity contribution in [3.8, 4) is 11.3 Å². The van der Waals surface area contributed by atoms with Crippen molar-refractivity contribution in [3.63, 3.8) is 0 Å². The lowest BCUT2D eigenvalue weighted by atomic mass is 10.1. The van der Waals surface area contributed by atoms with E-state index in [0.29, 0.717) is 17.1 Å². The molecule has 1 radical (unpaired) electrons. The highest BCUT2D eigenvalue weighted by Gasteiger charge is 2.06. The summed E-state index contributed by atoms with van der Waals surface area (Å²) in [5, 5.41) is 0. The Morgan fingerprint density at radius 1 is 1.08 bits per heavy atom. The first-order valence-electron chi connectivity index (χ1n) is 3.94. The van der Waals surface area contributed by atoms with Crippen molar-refractivity contribution < 1.29 is 8.81 Å². The summed E-state index contributed by atoms with van der Waals surface area (Å²) in [5.41, 5.74) is 0.470. The van der Waals surface area contributed by atoms with E-state index in [-0.39, 0.29) is 5.82 Å². The van der Waals surface area contributed by atoms with Gasteiger partial charge in [-0.15, -0.1) is 0 Å². The zero-order chi connectivity index (χ0) is 9.26. The Morgan fingerprint density at radius 2 is 1.85 bits per heavy atom. The van der Waals surface area contributed by atoms with Gasteiger partial charge in [0.1, 0.15) is 17.3 Å². The quantitative estimate of drug-likeness (QED) is 0.648. The highest BCUT2D eigenvalue weighted by molar-refractivity contribution is 5.58. The number of hydrogen-bond donors (Lipinski definition) is 0. The third-order valence-corrected chi connectivity index (χ3v) is 1.80. The van der Waals surface area contributed by atoms with Gasteiger partial charge in [-0.25, -0.2) is 4.39 Å². The third kappa shape index (κ3) is 1.47. The summed E-state index contributed by atoms with van der Waals surface area (Å²) < 4.78 is 18.4. The fourth-order valence-electron chi connectivity index (χ4n) is 1.18. The van der Waals surface area contributed by atoms with Crippen LogP contribution in [0.2, 0.25) is 0 Å². The molecular weight excluding hydrogens is 167 g/mol. The number of benzene rings is 1. The Kier molecular flexibility index (Phi) is 1.89. The van der Waals surface area contributed by atoms with E-state index >= 15 is 0 Å². The van der Waals surface area contributed by atoms with E-state index in [4.69, 9.17) is 4.42 Å². The number of rotatable bonds is 1. The van der Waals surface area contributed by atoms with Gasteiger partial charge in [0, 0.05) is 6.92 Å². The molecule has 2 heteroatoms. The topological polar surface area (TPSA) is 13.1 Å². The molecule has 0 aliphatic rings. The van der Waals surface area contributed by atoms with E-state index < -0.39 is 0 Å². The van der Waals surface area contributed by atoms with Gasteiger partial charge < -0.3 is 4.42 Å². The molecule has 1 aromatic carbocycles. The summed E-state index contributed by atoms with van der Waals surface area (Å²) in [6.45, 7) is 3.61. The van der Waals surface area contributed by atoms with Crippen LogP contribution < -0.4 is 0 Å². The van der Waals surface area contributed by atoms with Crippen LogP contribution in [0.4, 0.5) is 4.39 Å². The molecule has 65 valence electrons. The Balaban J connectivity index is 2.52. The van der Waals surface area contributed by atoms with Gasteiger partial charge in [0.2, 0.25) is 0 Å². The van der Waals surface area contributed by atoms with E-state index in [2.05, 4.69) is 6.92 Å². The van der Waals surface area contributed by atoms with Crippen molar-refractivity contribution >= 4 is 0 Å². The smallest absolute Gasteiger partial charge is 0.137 e. The highest BCUT2D eigenvalue weighted by Crippen LogP contribution is 2.23. The third-order valence-electron chi connectivity index (χ3n) is 1.80. The van der Waals surface area contributed by atoms with E-state index in [1.165, 1.54) is 6.07 Å². The molecule has 1 heterocycles. The second kappa shape index (κ2) is 3.05. The van der Waals surface area contributed by atoms with Crippen LogP contribution in [0.1, 0.15) is 5.76 Å². The summed E-state index contributed by atoms with van der Waals surface area (Å²) in [5.74, 6) is 0.776. The van der Waals surface area contributed by atoms with Crippen LogP contribution in [0.25, 0.3) is 11.3 Å². The Labute approximate surface area is 75.8 Å². The molecule has 0 bridgehead atoms. The van der Waals surface area contributed by atoms with Crippen molar-refractivity contribution in [1.82, 2.24) is 0 Å². The summed E-state index contributed by atoms with van der Waals surface area (Å²) >= 11 is 0. The van der Waals surface area contributed by atoms with Crippen molar-refractivity contribution in [1.29, 1.82) is 0 Å². The predicted molar refractivity (Wildman–Crippen MR) is 48.6 cm³/mol. The lowest BCUT2D eigenvalue weighted by molar-refractivity contribution is 0.554. The Bertz CT molecular complexity index is 418. The molecule has 1 aromatic heterocycles. The largest absolute Gasteiger partial charge is 0.461 e. The first-order valence-corrected chi connectivity index (χ1v) is 3.94. The normalized spacial score (nSPS) is 10.3. The summed E-state index contributed by atoms with van der Waals surface area (Å²) in [6, 6.07) is 9.91. The van der Waals surface area contributed by atoms with E-state index in [9.17, 15) is 4.39 Å². The van der Waals surface area contributed by atoms with Gasteiger partial charge >= 0.3 is 0 Å². The molecule has 0 spiro atoms. The van der Waals surface area contributed by atoms with E-state index in [1.54, 1.807) is 30.3 Å². The van der Waals surface area contributed by atoms with Crippen LogP contribution in [-0.4, -0.2) is 0 Å². The minimum absolute atomic E-state index is 0.281. The lowest BCUT2D eigenvalue weighted by Gasteiger charge is -1.97. The van der Waals surface area contributed by atoms with Crippen LogP contribution in [-0.2, 0) is 0 Å². The van der Waals surface area contributed by atoms with Gasteiger partial charge in [-0.05, 0) is 24.3 Å². The monoisotopic (exact) mass is 175 g/mol. The minimum Gasteiger partial charge on any atom is -0.461 e. The Morgan fingerprint density at radius 3 is 2.46 bits per heavy atom. The fraction of sp³-hybridized carbons (Fsp3) is 0. The van der Waals surface area contributed by atoms with Crippen LogP contribution >= 0.6 is 0 Å². The molecule has 0 saturated carbocycles. The first-order chi connectivity index (χ1) is 6.27. The van der Waals surface area contributed by atoms with Crippen LogP contribution in [0.3, 0.4) is 0 Å². The molecule has 0 amide bonds. The summed E-state index contributed by atoms with van der Waals surface area (Å²) in [6.07, 6.45) is 0. The molecule has 2 rings (SSSR count). The fourth-order valence-corrected chi connectivity index (χ4v) is 1.18. The number of furan rings is 1. The molecule has 0 aliphatic heterocycles. The van der Waals surface area contributed by atoms with Crippen molar-refractivity contribution in [2.24, 2.45) is 0 Å².